The molecule has 0 saturated heterocycles. The first-order valence-corrected chi connectivity index (χ1v) is 6.13. The Kier molecular flexibility index (Phi) is 5.34. The number of thiol groups is 1. The van der Waals surface area contributed by atoms with E-state index in [1.54, 1.807) is 0 Å². The van der Waals surface area contributed by atoms with Crippen LogP contribution in [-0.2, 0) is 4.74 Å². The van der Waals surface area contributed by atoms with Crippen molar-refractivity contribution >= 4 is 29.7 Å². The van der Waals surface area contributed by atoms with Crippen LogP contribution in [0.3, 0.4) is 0 Å². The normalized spacial score (nSPS) is 13.9. The second-order valence-electron chi connectivity index (χ2n) is 5.65. The molecule has 0 rings (SSSR count). The van der Waals surface area contributed by atoms with Crippen molar-refractivity contribution in [1.29, 1.82) is 0 Å². The molecule has 0 aromatic heterocycles. The monoisotopic (exact) mass is 246 g/mol. The standard InChI is InChI=1S/C12H22OS2/c1-11(2,3)9(13-8-14)7-10(15)12(4,5)6/h7,14H,8H2,1-6H3/b9-7-. The average molecular weight is 246 g/mol. The summed E-state index contributed by atoms with van der Waals surface area (Å²) in [6, 6.07) is 0. The van der Waals surface area contributed by atoms with Gasteiger partial charge in [-0.1, -0.05) is 53.8 Å². The lowest BCUT2D eigenvalue weighted by Crippen LogP contribution is -2.20. The minimum Gasteiger partial charge on any atom is -0.487 e. The van der Waals surface area contributed by atoms with Crippen molar-refractivity contribution in [2.45, 2.75) is 41.5 Å². The molecule has 0 heterocycles. The Morgan fingerprint density at radius 3 is 1.87 bits per heavy atom. The molecule has 88 valence electrons. The molecule has 0 aliphatic rings. The van der Waals surface area contributed by atoms with Gasteiger partial charge in [-0.25, -0.2) is 0 Å². The van der Waals surface area contributed by atoms with Crippen LogP contribution in [0.5, 0.6) is 0 Å². The van der Waals surface area contributed by atoms with E-state index in [1.807, 2.05) is 6.08 Å². The lowest BCUT2D eigenvalue weighted by Gasteiger charge is -2.25. The van der Waals surface area contributed by atoms with Crippen LogP contribution in [0.1, 0.15) is 41.5 Å². The lowest BCUT2D eigenvalue weighted by atomic mass is 9.87. The maximum Gasteiger partial charge on any atom is 0.130 e. The molecule has 0 unspecified atom stereocenters. The van der Waals surface area contributed by atoms with Crippen LogP contribution in [0.25, 0.3) is 0 Å². The van der Waals surface area contributed by atoms with Crippen molar-refractivity contribution in [3.63, 3.8) is 0 Å². The van der Waals surface area contributed by atoms with Gasteiger partial charge in [0.25, 0.3) is 0 Å². The minimum atomic E-state index is -0.0297. The molecule has 0 aliphatic carbocycles. The van der Waals surface area contributed by atoms with Crippen molar-refractivity contribution in [1.82, 2.24) is 0 Å². The topological polar surface area (TPSA) is 9.23 Å². The highest BCUT2D eigenvalue weighted by Gasteiger charge is 2.22. The molecular formula is C12H22OS2. The molecule has 1 nitrogen and oxygen atoms in total. The minimum absolute atomic E-state index is 0.00575. The van der Waals surface area contributed by atoms with Crippen LogP contribution >= 0.6 is 24.8 Å². The van der Waals surface area contributed by atoms with Crippen molar-refractivity contribution in [2.75, 3.05) is 5.94 Å². The summed E-state index contributed by atoms with van der Waals surface area (Å²) >= 11 is 9.45. The van der Waals surface area contributed by atoms with E-state index < -0.39 is 0 Å². The van der Waals surface area contributed by atoms with Crippen molar-refractivity contribution in [2.24, 2.45) is 10.8 Å². The SMILES string of the molecule is CC(C)(C)C(=S)/C=C(\OCS)C(C)(C)C. The summed E-state index contributed by atoms with van der Waals surface area (Å²) in [4.78, 5) is 0.911. The van der Waals surface area contributed by atoms with Crippen LogP contribution in [0.4, 0.5) is 0 Å². The summed E-state index contributed by atoms with van der Waals surface area (Å²) in [7, 11) is 0. The third-order valence-corrected chi connectivity index (χ3v) is 2.82. The first-order valence-electron chi connectivity index (χ1n) is 5.09. The smallest absolute Gasteiger partial charge is 0.130 e. The van der Waals surface area contributed by atoms with Gasteiger partial charge < -0.3 is 4.74 Å². The second kappa shape index (κ2) is 5.35. The Labute approximate surface area is 105 Å². The molecule has 0 aromatic carbocycles. The van der Waals surface area contributed by atoms with Crippen LogP contribution in [0, 0.1) is 10.8 Å². The van der Waals surface area contributed by atoms with E-state index in [0.717, 1.165) is 10.6 Å². The molecule has 0 spiro atoms. The van der Waals surface area contributed by atoms with Crippen molar-refractivity contribution < 1.29 is 4.74 Å². The Balaban J connectivity index is 4.94. The van der Waals surface area contributed by atoms with Gasteiger partial charge in [-0.15, -0.1) is 12.6 Å². The summed E-state index contributed by atoms with van der Waals surface area (Å²) in [6.07, 6.45) is 1.96. The zero-order valence-electron chi connectivity index (χ0n) is 10.5. The van der Waals surface area contributed by atoms with Crippen LogP contribution in [-0.4, -0.2) is 10.8 Å². The van der Waals surface area contributed by atoms with Gasteiger partial charge in [0.15, 0.2) is 0 Å². The number of thiocarbonyl (C=S) groups is 1. The first kappa shape index (κ1) is 15.0. The Morgan fingerprint density at radius 2 is 1.60 bits per heavy atom. The molecule has 0 amide bonds. The van der Waals surface area contributed by atoms with Gasteiger partial charge in [-0.3, -0.25) is 0 Å². The number of ether oxygens (including phenoxy) is 1. The molecule has 0 radical (unpaired) electrons. The lowest BCUT2D eigenvalue weighted by molar-refractivity contribution is 0.195. The maximum absolute atomic E-state index is 5.51. The molecule has 0 atom stereocenters. The average Bonchev–Trinajstić information content (AvgIpc) is 1.99. The van der Waals surface area contributed by atoms with Crippen molar-refractivity contribution in [3.8, 4) is 0 Å². The molecule has 15 heavy (non-hydrogen) atoms. The van der Waals surface area contributed by atoms with Gasteiger partial charge in [0.1, 0.15) is 11.7 Å². The third kappa shape index (κ3) is 5.57. The van der Waals surface area contributed by atoms with Gasteiger partial charge >= 0.3 is 0 Å². The molecular weight excluding hydrogens is 224 g/mol. The van der Waals surface area contributed by atoms with Crippen LogP contribution in [0.2, 0.25) is 0 Å². The Hall–Kier alpha value is -0.0200. The van der Waals surface area contributed by atoms with Crippen LogP contribution in [0.15, 0.2) is 11.8 Å². The van der Waals surface area contributed by atoms with Crippen LogP contribution < -0.4 is 0 Å². The van der Waals surface area contributed by atoms with Gasteiger partial charge in [-0.2, -0.15) is 0 Å². The van der Waals surface area contributed by atoms with E-state index in [2.05, 4.69) is 54.2 Å². The van der Waals surface area contributed by atoms with Crippen molar-refractivity contribution in [3.05, 3.63) is 11.8 Å². The molecule has 0 N–H and O–H groups in total. The third-order valence-electron chi connectivity index (χ3n) is 1.96. The molecule has 0 fully saturated rings. The van der Waals surface area contributed by atoms with E-state index in [9.17, 15) is 0 Å². The summed E-state index contributed by atoms with van der Waals surface area (Å²) in [5, 5.41) is 0. The fourth-order valence-corrected chi connectivity index (χ4v) is 1.13. The fraction of sp³-hybridized carbons (Fsp3) is 0.750. The molecule has 0 saturated carbocycles. The van der Waals surface area contributed by atoms with E-state index in [1.165, 1.54) is 0 Å². The van der Waals surface area contributed by atoms with E-state index in [4.69, 9.17) is 17.0 Å². The predicted octanol–water partition coefficient (Wildman–Crippen LogP) is 4.24. The van der Waals surface area contributed by atoms with E-state index >= 15 is 0 Å². The maximum atomic E-state index is 5.51. The second-order valence-corrected chi connectivity index (χ2v) is 6.34. The van der Waals surface area contributed by atoms with Gasteiger partial charge in [0.05, 0.1) is 0 Å². The first-order chi connectivity index (χ1) is 6.59. The Bertz CT molecular complexity index is 254. The Morgan fingerprint density at radius 1 is 1.13 bits per heavy atom. The molecule has 3 heteroatoms. The predicted molar refractivity (Wildman–Crippen MR) is 74.5 cm³/mol. The van der Waals surface area contributed by atoms with Gasteiger partial charge in [-0.05, 0) is 11.5 Å². The van der Waals surface area contributed by atoms with Gasteiger partial charge in [0.2, 0.25) is 0 Å². The molecule has 0 aromatic rings. The van der Waals surface area contributed by atoms with E-state index in [-0.39, 0.29) is 10.8 Å². The number of rotatable bonds is 3. The number of hydrogen-bond acceptors (Lipinski definition) is 3. The highest BCUT2D eigenvalue weighted by Crippen LogP contribution is 2.28. The highest BCUT2D eigenvalue weighted by molar-refractivity contribution is 7.80. The summed E-state index contributed by atoms with van der Waals surface area (Å²) in [5.41, 5.74) is -0.0240. The quantitative estimate of drug-likeness (QED) is 0.262. The largest absolute Gasteiger partial charge is 0.487 e. The summed E-state index contributed by atoms with van der Waals surface area (Å²) in [6.45, 7) is 12.6. The zero-order chi connectivity index (χ0) is 12.3. The zero-order valence-corrected chi connectivity index (χ0v) is 12.3. The number of hydrogen-bond donors (Lipinski definition) is 1. The summed E-state index contributed by atoms with van der Waals surface area (Å²) in [5.74, 6) is 1.29. The van der Waals surface area contributed by atoms with E-state index in [0.29, 0.717) is 5.94 Å². The van der Waals surface area contributed by atoms with Gasteiger partial charge in [0, 0.05) is 10.3 Å². The number of allylic oxidation sites excluding steroid dienone is 2. The summed E-state index contributed by atoms with van der Waals surface area (Å²) < 4.78 is 5.51. The molecule has 0 aliphatic heterocycles. The molecule has 0 bridgehead atoms. The fourth-order valence-electron chi connectivity index (χ4n) is 0.880. The highest BCUT2D eigenvalue weighted by atomic mass is 32.1.